The Morgan fingerprint density at radius 2 is 2.43 bits per heavy atom. The highest BCUT2D eigenvalue weighted by molar-refractivity contribution is 5.77. The first kappa shape index (κ1) is 7.81. The lowest BCUT2D eigenvalue weighted by atomic mass is 10.1. The highest BCUT2D eigenvalue weighted by Crippen LogP contribution is 2.35. The Kier molecular flexibility index (Phi) is 1.27. The second-order valence-electron chi connectivity index (χ2n) is 3.69. The predicted octanol–water partition coefficient (Wildman–Crippen LogP) is 0.102. The van der Waals surface area contributed by atoms with E-state index in [2.05, 4.69) is 5.10 Å². The molecule has 1 aromatic rings. The molecule has 0 spiro atoms. The van der Waals surface area contributed by atoms with E-state index in [-0.39, 0.29) is 12.1 Å². The van der Waals surface area contributed by atoms with Crippen LogP contribution in [0.4, 0.5) is 4.79 Å². The summed E-state index contributed by atoms with van der Waals surface area (Å²) in [5, 5.41) is 14.4. The molecule has 0 saturated carbocycles. The van der Waals surface area contributed by atoms with Crippen molar-refractivity contribution in [1.29, 1.82) is 0 Å². The second kappa shape index (κ2) is 2.27. The molecule has 1 N–H and O–H groups in total. The molecule has 3 rings (SSSR count). The van der Waals surface area contributed by atoms with Crippen molar-refractivity contribution >= 4 is 6.03 Å². The number of carbonyl (C=O) groups excluding carboxylic acids is 1. The van der Waals surface area contributed by atoms with Crippen LogP contribution >= 0.6 is 0 Å². The second-order valence-corrected chi connectivity index (χ2v) is 3.69. The molecule has 74 valence electrons. The zero-order valence-corrected chi connectivity index (χ0v) is 7.71. The van der Waals surface area contributed by atoms with Gasteiger partial charge in [-0.25, -0.2) is 4.79 Å². The molecule has 14 heavy (non-hydrogen) atoms. The SMILES string of the molecule is Cn1ncc2c1CN1CC2N(O)C1=O. The minimum Gasteiger partial charge on any atom is -0.314 e. The lowest BCUT2D eigenvalue weighted by molar-refractivity contribution is -0.0586. The first-order chi connectivity index (χ1) is 6.68. The molecule has 2 aliphatic heterocycles. The van der Waals surface area contributed by atoms with Gasteiger partial charge in [-0.1, -0.05) is 0 Å². The van der Waals surface area contributed by atoms with E-state index < -0.39 is 0 Å². The van der Waals surface area contributed by atoms with Gasteiger partial charge in [0.1, 0.15) is 6.04 Å². The van der Waals surface area contributed by atoms with Crippen molar-refractivity contribution in [2.75, 3.05) is 6.54 Å². The van der Waals surface area contributed by atoms with Crippen molar-refractivity contribution in [3.8, 4) is 0 Å². The van der Waals surface area contributed by atoms with Gasteiger partial charge in [0.2, 0.25) is 0 Å². The maximum absolute atomic E-state index is 11.4. The number of amides is 2. The average molecular weight is 194 g/mol. The molecule has 6 nitrogen and oxygen atoms in total. The molecule has 6 heteroatoms. The molecule has 0 radical (unpaired) electrons. The number of fused-ring (bicyclic) bond motifs is 4. The standard InChI is InChI=1S/C8H10N4O2/c1-10-6-3-11-4-7(5(6)2-9-10)12(14)8(11)13/h2,7,14H,3-4H2,1H3. The molecule has 1 saturated heterocycles. The van der Waals surface area contributed by atoms with Gasteiger partial charge in [0.05, 0.1) is 25.0 Å². The van der Waals surface area contributed by atoms with Crippen LogP contribution in [-0.4, -0.2) is 37.5 Å². The predicted molar refractivity (Wildman–Crippen MR) is 45.4 cm³/mol. The highest BCUT2D eigenvalue weighted by atomic mass is 16.5. The van der Waals surface area contributed by atoms with Crippen molar-refractivity contribution in [2.24, 2.45) is 7.05 Å². The van der Waals surface area contributed by atoms with Crippen LogP contribution < -0.4 is 0 Å². The molecular weight excluding hydrogens is 184 g/mol. The molecule has 1 fully saturated rings. The maximum Gasteiger partial charge on any atom is 0.344 e. The van der Waals surface area contributed by atoms with Gasteiger partial charge >= 0.3 is 6.03 Å². The van der Waals surface area contributed by atoms with E-state index >= 15 is 0 Å². The van der Waals surface area contributed by atoms with E-state index in [9.17, 15) is 10.0 Å². The third kappa shape index (κ3) is 0.741. The van der Waals surface area contributed by atoms with Gasteiger partial charge < -0.3 is 4.90 Å². The molecule has 2 bridgehead atoms. The van der Waals surface area contributed by atoms with Crippen LogP contribution in [0.15, 0.2) is 6.20 Å². The van der Waals surface area contributed by atoms with E-state index in [1.807, 2.05) is 7.05 Å². The highest BCUT2D eigenvalue weighted by Gasteiger charge is 2.43. The van der Waals surface area contributed by atoms with Gasteiger partial charge in [0.15, 0.2) is 0 Å². The van der Waals surface area contributed by atoms with Crippen molar-refractivity contribution in [1.82, 2.24) is 19.7 Å². The van der Waals surface area contributed by atoms with E-state index in [4.69, 9.17) is 0 Å². The Morgan fingerprint density at radius 3 is 3.21 bits per heavy atom. The van der Waals surface area contributed by atoms with E-state index in [1.165, 1.54) is 0 Å². The van der Waals surface area contributed by atoms with Gasteiger partial charge in [-0.3, -0.25) is 9.89 Å². The lowest BCUT2D eigenvalue weighted by Gasteiger charge is -2.20. The van der Waals surface area contributed by atoms with Crippen LogP contribution in [0.2, 0.25) is 0 Å². The number of aryl methyl sites for hydroxylation is 1. The Balaban J connectivity index is 2.15. The van der Waals surface area contributed by atoms with Gasteiger partial charge in [0.25, 0.3) is 0 Å². The molecule has 3 heterocycles. The molecule has 1 unspecified atom stereocenters. The van der Waals surface area contributed by atoms with Crippen LogP contribution in [0.25, 0.3) is 0 Å². The third-order valence-corrected chi connectivity index (χ3v) is 2.95. The van der Waals surface area contributed by atoms with Gasteiger partial charge in [-0.05, 0) is 0 Å². The summed E-state index contributed by atoms with van der Waals surface area (Å²) in [4.78, 5) is 13.1. The van der Waals surface area contributed by atoms with Crippen molar-refractivity contribution in [2.45, 2.75) is 12.6 Å². The van der Waals surface area contributed by atoms with Gasteiger partial charge in [-0.15, -0.1) is 0 Å². The summed E-state index contributed by atoms with van der Waals surface area (Å²) >= 11 is 0. The molecule has 0 aliphatic carbocycles. The minimum absolute atomic E-state index is 0.236. The number of aromatic nitrogens is 2. The minimum atomic E-state index is -0.314. The van der Waals surface area contributed by atoms with Crippen molar-refractivity contribution in [3.63, 3.8) is 0 Å². The quantitative estimate of drug-likeness (QED) is 0.596. The number of hydroxylamine groups is 2. The Hall–Kier alpha value is -1.56. The van der Waals surface area contributed by atoms with Crippen LogP contribution in [0.3, 0.4) is 0 Å². The smallest absolute Gasteiger partial charge is 0.314 e. The molecule has 1 aromatic heterocycles. The topological polar surface area (TPSA) is 61.6 Å². The first-order valence-electron chi connectivity index (χ1n) is 4.46. The lowest BCUT2D eigenvalue weighted by Crippen LogP contribution is -2.29. The number of hydrogen-bond acceptors (Lipinski definition) is 3. The summed E-state index contributed by atoms with van der Waals surface area (Å²) in [5.41, 5.74) is 1.96. The van der Waals surface area contributed by atoms with Crippen LogP contribution in [0.1, 0.15) is 17.3 Å². The largest absolute Gasteiger partial charge is 0.344 e. The number of carbonyl (C=O) groups is 1. The zero-order chi connectivity index (χ0) is 9.87. The molecule has 0 aromatic carbocycles. The molecule has 1 atom stereocenters. The molecule has 2 amide bonds. The zero-order valence-electron chi connectivity index (χ0n) is 7.71. The fourth-order valence-electron chi connectivity index (χ4n) is 2.14. The summed E-state index contributed by atoms with van der Waals surface area (Å²) in [7, 11) is 1.84. The fraction of sp³-hybridized carbons (Fsp3) is 0.500. The molecule has 2 aliphatic rings. The van der Waals surface area contributed by atoms with Crippen molar-refractivity contribution in [3.05, 3.63) is 17.5 Å². The fourth-order valence-corrected chi connectivity index (χ4v) is 2.14. The maximum atomic E-state index is 11.4. The van der Waals surface area contributed by atoms with E-state index in [0.717, 1.165) is 16.3 Å². The van der Waals surface area contributed by atoms with Gasteiger partial charge in [0, 0.05) is 12.6 Å². The average Bonchev–Trinajstić information content (AvgIpc) is 2.65. The normalized spacial score (nSPS) is 24.4. The Bertz CT molecular complexity index is 413. The summed E-state index contributed by atoms with van der Waals surface area (Å²) in [6, 6.07) is -0.550. The van der Waals surface area contributed by atoms with Crippen molar-refractivity contribution < 1.29 is 10.0 Å². The summed E-state index contributed by atoms with van der Waals surface area (Å²) in [6.07, 6.45) is 1.72. The number of rotatable bonds is 0. The van der Waals surface area contributed by atoms with Gasteiger partial charge in [-0.2, -0.15) is 10.2 Å². The van der Waals surface area contributed by atoms with Crippen LogP contribution in [0, 0.1) is 0 Å². The third-order valence-electron chi connectivity index (χ3n) is 2.95. The Labute approximate surface area is 80.3 Å². The van der Waals surface area contributed by atoms with Crippen LogP contribution in [-0.2, 0) is 13.6 Å². The number of hydrogen-bond donors (Lipinski definition) is 1. The van der Waals surface area contributed by atoms with Crippen LogP contribution in [0.5, 0.6) is 0 Å². The first-order valence-corrected chi connectivity index (χ1v) is 4.46. The monoisotopic (exact) mass is 194 g/mol. The molecular formula is C8H10N4O2. The van der Waals surface area contributed by atoms with E-state index in [0.29, 0.717) is 13.1 Å². The Morgan fingerprint density at radius 1 is 1.64 bits per heavy atom. The summed E-state index contributed by atoms with van der Waals surface area (Å²) < 4.78 is 1.75. The summed E-state index contributed by atoms with van der Waals surface area (Å²) in [6.45, 7) is 1.10. The number of urea groups is 1. The summed E-state index contributed by atoms with van der Waals surface area (Å²) in [5.74, 6) is 0. The van der Waals surface area contributed by atoms with E-state index in [1.54, 1.807) is 15.8 Å². The number of nitrogens with zero attached hydrogens (tertiary/aromatic N) is 4.